The Hall–Kier alpha value is -1.46. The van der Waals surface area contributed by atoms with Gasteiger partial charge in [0, 0.05) is 19.3 Å². The van der Waals surface area contributed by atoms with Crippen LogP contribution in [-0.4, -0.2) is 48.6 Å². The van der Waals surface area contributed by atoms with Crippen LogP contribution in [-0.2, 0) is 15.1 Å². The molecule has 0 spiro atoms. The van der Waals surface area contributed by atoms with Crippen LogP contribution in [0.3, 0.4) is 0 Å². The van der Waals surface area contributed by atoms with Gasteiger partial charge in [-0.25, -0.2) is 4.79 Å². The predicted molar refractivity (Wildman–Crippen MR) is 84.0 cm³/mol. The largest absolute Gasteiger partial charge is 0.464 e. The number of rotatable bonds is 9. The van der Waals surface area contributed by atoms with Crippen molar-refractivity contribution in [2.75, 3.05) is 32.8 Å². The molecule has 118 valence electrons. The average Bonchev–Trinajstić information content (AvgIpc) is 2.52. The van der Waals surface area contributed by atoms with Crippen LogP contribution in [0.2, 0.25) is 0 Å². The Labute approximate surface area is 127 Å². The summed E-state index contributed by atoms with van der Waals surface area (Å²) in [7, 11) is 0. The number of aromatic nitrogens is 1. The van der Waals surface area contributed by atoms with E-state index in [1.54, 1.807) is 6.20 Å². The molecule has 1 rings (SSSR count). The van der Waals surface area contributed by atoms with E-state index < -0.39 is 5.54 Å². The first-order chi connectivity index (χ1) is 10.1. The lowest BCUT2D eigenvalue weighted by Gasteiger charge is -2.29. The lowest BCUT2D eigenvalue weighted by atomic mass is 9.97. The zero-order valence-electron chi connectivity index (χ0n) is 13.6. The van der Waals surface area contributed by atoms with Gasteiger partial charge in [-0.05, 0) is 39.1 Å². The minimum absolute atomic E-state index is 0.289. The number of carbonyl (C=O) groups excluding carboxylic acids is 1. The highest BCUT2D eigenvalue weighted by Crippen LogP contribution is 2.20. The highest BCUT2D eigenvalue weighted by molar-refractivity contribution is 5.81. The van der Waals surface area contributed by atoms with Gasteiger partial charge in [-0.3, -0.25) is 10.3 Å². The zero-order valence-corrected chi connectivity index (χ0v) is 13.6. The van der Waals surface area contributed by atoms with Gasteiger partial charge in [-0.1, -0.05) is 19.9 Å². The fourth-order valence-electron chi connectivity index (χ4n) is 2.21. The van der Waals surface area contributed by atoms with E-state index in [-0.39, 0.29) is 5.97 Å². The van der Waals surface area contributed by atoms with Crippen LogP contribution < -0.4 is 5.32 Å². The molecule has 21 heavy (non-hydrogen) atoms. The lowest BCUT2D eigenvalue weighted by molar-refractivity contribution is -0.151. The summed E-state index contributed by atoms with van der Waals surface area (Å²) < 4.78 is 5.22. The van der Waals surface area contributed by atoms with Crippen LogP contribution in [0, 0.1) is 0 Å². The molecule has 0 bridgehead atoms. The molecule has 1 heterocycles. The van der Waals surface area contributed by atoms with Crippen molar-refractivity contribution in [1.29, 1.82) is 0 Å². The molecule has 1 aromatic rings. The van der Waals surface area contributed by atoms with Gasteiger partial charge in [-0.2, -0.15) is 0 Å². The summed E-state index contributed by atoms with van der Waals surface area (Å²) in [6.07, 6.45) is 1.69. The molecule has 0 aliphatic rings. The summed E-state index contributed by atoms with van der Waals surface area (Å²) in [5, 5.41) is 3.32. The Morgan fingerprint density at radius 1 is 1.33 bits per heavy atom. The Kier molecular flexibility index (Phi) is 7.32. The van der Waals surface area contributed by atoms with Crippen LogP contribution in [0.4, 0.5) is 0 Å². The fraction of sp³-hybridized carbons (Fsp3) is 0.625. The molecule has 5 nitrogen and oxygen atoms in total. The Morgan fingerprint density at radius 3 is 2.57 bits per heavy atom. The lowest BCUT2D eigenvalue weighted by Crippen LogP contribution is -2.50. The third-order valence-electron chi connectivity index (χ3n) is 3.66. The van der Waals surface area contributed by atoms with E-state index in [1.807, 2.05) is 32.0 Å². The molecule has 1 N–H and O–H groups in total. The van der Waals surface area contributed by atoms with E-state index in [4.69, 9.17) is 4.74 Å². The van der Waals surface area contributed by atoms with Crippen molar-refractivity contribution < 1.29 is 9.53 Å². The summed E-state index contributed by atoms with van der Waals surface area (Å²) in [5.41, 5.74) is -0.229. The first-order valence-corrected chi connectivity index (χ1v) is 7.64. The van der Waals surface area contributed by atoms with E-state index in [0.717, 1.165) is 19.6 Å². The highest BCUT2D eigenvalue weighted by Gasteiger charge is 2.37. The van der Waals surface area contributed by atoms with Crippen molar-refractivity contribution in [3.63, 3.8) is 0 Å². The molecule has 1 atom stereocenters. The van der Waals surface area contributed by atoms with Crippen LogP contribution in [0.25, 0.3) is 0 Å². The number of hydrogen-bond donors (Lipinski definition) is 1. The van der Waals surface area contributed by atoms with E-state index in [0.29, 0.717) is 18.8 Å². The Balaban J connectivity index is 2.81. The maximum Gasteiger partial charge on any atom is 0.332 e. The molecule has 5 heteroatoms. The second-order valence-corrected chi connectivity index (χ2v) is 5.01. The normalized spacial score (nSPS) is 14.0. The smallest absolute Gasteiger partial charge is 0.332 e. The number of hydrogen-bond acceptors (Lipinski definition) is 5. The summed E-state index contributed by atoms with van der Waals surface area (Å²) in [4.78, 5) is 19.0. The monoisotopic (exact) mass is 293 g/mol. The number of nitrogens with one attached hydrogen (secondary N) is 1. The van der Waals surface area contributed by atoms with Gasteiger partial charge < -0.3 is 9.64 Å². The second-order valence-electron chi connectivity index (χ2n) is 5.01. The van der Waals surface area contributed by atoms with Crippen LogP contribution in [0.1, 0.15) is 33.4 Å². The number of likely N-dealkylation sites (N-methyl/N-ethyl adjacent to an activating group) is 1. The summed E-state index contributed by atoms with van der Waals surface area (Å²) in [6.45, 7) is 11.8. The van der Waals surface area contributed by atoms with Gasteiger partial charge in [-0.15, -0.1) is 0 Å². The Morgan fingerprint density at radius 2 is 2.05 bits per heavy atom. The molecule has 0 saturated carbocycles. The van der Waals surface area contributed by atoms with Gasteiger partial charge in [0.05, 0.1) is 12.3 Å². The molecule has 0 amide bonds. The number of pyridine rings is 1. The van der Waals surface area contributed by atoms with Crippen LogP contribution >= 0.6 is 0 Å². The minimum atomic E-state index is -0.912. The van der Waals surface area contributed by atoms with Gasteiger partial charge in [0.1, 0.15) is 0 Å². The van der Waals surface area contributed by atoms with E-state index in [2.05, 4.69) is 29.0 Å². The van der Waals surface area contributed by atoms with Crippen LogP contribution in [0.5, 0.6) is 0 Å². The first kappa shape index (κ1) is 17.6. The zero-order chi connectivity index (χ0) is 15.7. The molecule has 0 fully saturated rings. The number of carbonyl (C=O) groups is 1. The van der Waals surface area contributed by atoms with Crippen molar-refractivity contribution in [2.24, 2.45) is 0 Å². The van der Waals surface area contributed by atoms with Crippen molar-refractivity contribution in [3.05, 3.63) is 30.1 Å². The van der Waals surface area contributed by atoms with Gasteiger partial charge in [0.15, 0.2) is 5.54 Å². The third kappa shape index (κ3) is 4.79. The summed E-state index contributed by atoms with van der Waals surface area (Å²) in [5.74, 6) is -0.289. The number of ether oxygens (including phenoxy) is 1. The molecule has 1 unspecified atom stereocenters. The quantitative estimate of drug-likeness (QED) is 0.704. The SMILES string of the molecule is CCOC(=O)C(C)(NCCN(CC)CC)c1ccccn1. The molecule has 0 saturated heterocycles. The van der Waals surface area contributed by atoms with Crippen molar-refractivity contribution in [2.45, 2.75) is 33.2 Å². The standard InChI is InChI=1S/C16H27N3O2/c1-5-19(6-2)13-12-18-16(4,15(20)21-7-3)14-10-8-9-11-17-14/h8-11,18H,5-7,12-13H2,1-4H3. The Bertz CT molecular complexity index is 421. The van der Waals surface area contributed by atoms with Crippen molar-refractivity contribution >= 4 is 5.97 Å². The number of nitrogens with zero attached hydrogens (tertiary/aromatic N) is 2. The number of esters is 1. The van der Waals surface area contributed by atoms with Gasteiger partial charge in [0.2, 0.25) is 0 Å². The summed E-state index contributed by atoms with van der Waals surface area (Å²) in [6, 6.07) is 5.57. The van der Waals surface area contributed by atoms with Gasteiger partial charge >= 0.3 is 5.97 Å². The highest BCUT2D eigenvalue weighted by atomic mass is 16.5. The fourth-order valence-corrected chi connectivity index (χ4v) is 2.21. The molecular weight excluding hydrogens is 266 g/mol. The average molecular weight is 293 g/mol. The van der Waals surface area contributed by atoms with Gasteiger partial charge in [0.25, 0.3) is 0 Å². The van der Waals surface area contributed by atoms with Crippen LogP contribution in [0.15, 0.2) is 24.4 Å². The molecule has 0 aliphatic carbocycles. The van der Waals surface area contributed by atoms with Crippen molar-refractivity contribution in [1.82, 2.24) is 15.2 Å². The third-order valence-corrected chi connectivity index (χ3v) is 3.66. The maximum atomic E-state index is 12.3. The molecular formula is C16H27N3O2. The predicted octanol–water partition coefficient (Wildman–Crippen LogP) is 1.79. The minimum Gasteiger partial charge on any atom is -0.464 e. The molecule has 1 aromatic heterocycles. The van der Waals surface area contributed by atoms with E-state index in [9.17, 15) is 4.79 Å². The molecule has 0 aromatic carbocycles. The molecule has 0 radical (unpaired) electrons. The van der Waals surface area contributed by atoms with Crippen molar-refractivity contribution in [3.8, 4) is 0 Å². The summed E-state index contributed by atoms with van der Waals surface area (Å²) >= 11 is 0. The topological polar surface area (TPSA) is 54.5 Å². The maximum absolute atomic E-state index is 12.3. The second kappa shape index (κ2) is 8.74. The van der Waals surface area contributed by atoms with E-state index >= 15 is 0 Å². The van der Waals surface area contributed by atoms with E-state index in [1.165, 1.54) is 0 Å². The molecule has 0 aliphatic heterocycles. The first-order valence-electron chi connectivity index (χ1n) is 7.64.